The molecule has 0 aliphatic rings. The van der Waals surface area contributed by atoms with Gasteiger partial charge in [0, 0.05) is 6.54 Å². The first kappa shape index (κ1) is 14.5. The van der Waals surface area contributed by atoms with Crippen LogP contribution in [0, 0.1) is 5.92 Å². The maximum atomic E-state index is 5.77. The van der Waals surface area contributed by atoms with Crippen LogP contribution >= 0.6 is 11.8 Å². The standard InChI is InChI=1S/C12H23N3OS/c1-5-12(4,8-13)11-14-10(15-16-11)7-17-6-9(2)3/h9H,5-8,13H2,1-4H3. The average molecular weight is 257 g/mol. The second-order valence-corrected chi connectivity index (χ2v) is 6.07. The van der Waals surface area contributed by atoms with E-state index in [9.17, 15) is 0 Å². The van der Waals surface area contributed by atoms with Crippen LogP contribution < -0.4 is 5.73 Å². The Labute approximate surface area is 108 Å². The predicted molar refractivity (Wildman–Crippen MR) is 72.0 cm³/mol. The highest BCUT2D eigenvalue weighted by atomic mass is 32.2. The summed E-state index contributed by atoms with van der Waals surface area (Å²) in [6, 6.07) is 0. The maximum absolute atomic E-state index is 5.77. The molecule has 2 N–H and O–H groups in total. The number of nitrogens with two attached hydrogens (primary N) is 1. The summed E-state index contributed by atoms with van der Waals surface area (Å²) >= 11 is 1.84. The molecular formula is C12H23N3OS. The molecule has 1 aromatic rings. The Balaban J connectivity index is 2.59. The van der Waals surface area contributed by atoms with Crippen molar-refractivity contribution in [3.05, 3.63) is 11.7 Å². The zero-order valence-electron chi connectivity index (χ0n) is 11.2. The Kier molecular flexibility index (Phi) is 5.46. The molecule has 0 bridgehead atoms. The lowest BCUT2D eigenvalue weighted by Gasteiger charge is -2.20. The van der Waals surface area contributed by atoms with Gasteiger partial charge in [-0.15, -0.1) is 0 Å². The summed E-state index contributed by atoms with van der Waals surface area (Å²) < 4.78 is 5.31. The molecule has 1 heterocycles. The Morgan fingerprint density at radius 2 is 2.18 bits per heavy atom. The van der Waals surface area contributed by atoms with Gasteiger partial charge in [0.1, 0.15) is 0 Å². The van der Waals surface area contributed by atoms with E-state index in [-0.39, 0.29) is 5.41 Å². The van der Waals surface area contributed by atoms with Gasteiger partial charge in [0.15, 0.2) is 5.82 Å². The van der Waals surface area contributed by atoms with Crippen LogP contribution in [0.5, 0.6) is 0 Å². The van der Waals surface area contributed by atoms with Crippen LogP contribution in [0.3, 0.4) is 0 Å². The third-order valence-electron chi connectivity index (χ3n) is 2.90. The first-order valence-electron chi connectivity index (χ1n) is 6.12. The summed E-state index contributed by atoms with van der Waals surface area (Å²) in [5, 5.41) is 4.01. The lowest BCUT2D eigenvalue weighted by molar-refractivity contribution is 0.289. The molecule has 0 saturated carbocycles. The van der Waals surface area contributed by atoms with E-state index >= 15 is 0 Å². The van der Waals surface area contributed by atoms with Crippen molar-refractivity contribution in [1.82, 2.24) is 10.1 Å². The van der Waals surface area contributed by atoms with Crippen molar-refractivity contribution in [1.29, 1.82) is 0 Å². The van der Waals surface area contributed by atoms with Gasteiger partial charge in [-0.1, -0.05) is 25.9 Å². The molecule has 4 nitrogen and oxygen atoms in total. The van der Waals surface area contributed by atoms with Crippen LogP contribution in [0.2, 0.25) is 0 Å². The molecule has 5 heteroatoms. The molecule has 1 atom stereocenters. The van der Waals surface area contributed by atoms with Gasteiger partial charge in [-0.2, -0.15) is 16.7 Å². The molecule has 0 aromatic carbocycles. The summed E-state index contributed by atoms with van der Waals surface area (Å²) in [5.41, 5.74) is 5.58. The quantitative estimate of drug-likeness (QED) is 0.813. The fourth-order valence-corrected chi connectivity index (χ4v) is 2.22. The molecule has 98 valence electrons. The van der Waals surface area contributed by atoms with E-state index in [1.807, 2.05) is 11.8 Å². The van der Waals surface area contributed by atoms with Crippen molar-refractivity contribution in [2.24, 2.45) is 11.7 Å². The number of nitrogens with zero attached hydrogens (tertiary/aromatic N) is 2. The Hall–Kier alpha value is -0.550. The van der Waals surface area contributed by atoms with E-state index in [1.54, 1.807) is 0 Å². The van der Waals surface area contributed by atoms with Crippen molar-refractivity contribution in [3.63, 3.8) is 0 Å². The van der Waals surface area contributed by atoms with Crippen molar-refractivity contribution < 1.29 is 4.52 Å². The highest BCUT2D eigenvalue weighted by molar-refractivity contribution is 7.98. The lowest BCUT2D eigenvalue weighted by Crippen LogP contribution is -2.31. The Morgan fingerprint density at radius 1 is 1.47 bits per heavy atom. The van der Waals surface area contributed by atoms with Gasteiger partial charge in [0.2, 0.25) is 5.89 Å². The van der Waals surface area contributed by atoms with E-state index in [2.05, 4.69) is 37.8 Å². The minimum atomic E-state index is -0.187. The molecule has 0 radical (unpaired) electrons. The largest absolute Gasteiger partial charge is 0.339 e. The number of aromatic nitrogens is 2. The van der Waals surface area contributed by atoms with Crippen molar-refractivity contribution >= 4 is 11.8 Å². The summed E-state index contributed by atoms with van der Waals surface area (Å²) in [5.74, 6) is 4.07. The van der Waals surface area contributed by atoms with Gasteiger partial charge < -0.3 is 10.3 Å². The second-order valence-electron chi connectivity index (χ2n) is 5.04. The van der Waals surface area contributed by atoms with Gasteiger partial charge in [-0.25, -0.2) is 0 Å². The Morgan fingerprint density at radius 3 is 2.71 bits per heavy atom. The Bertz CT molecular complexity index is 334. The van der Waals surface area contributed by atoms with E-state index in [1.165, 1.54) is 0 Å². The molecule has 1 unspecified atom stereocenters. The maximum Gasteiger partial charge on any atom is 0.233 e. The fourth-order valence-electron chi connectivity index (χ4n) is 1.33. The molecule has 1 rings (SSSR count). The first-order valence-corrected chi connectivity index (χ1v) is 7.28. The third kappa shape index (κ3) is 4.00. The molecule has 0 fully saturated rings. The summed E-state index contributed by atoms with van der Waals surface area (Å²) in [6.45, 7) is 9.09. The number of hydrogen-bond donors (Lipinski definition) is 1. The first-order chi connectivity index (χ1) is 8.01. The van der Waals surface area contributed by atoms with Crippen molar-refractivity contribution in [2.75, 3.05) is 12.3 Å². The number of thioether (sulfide) groups is 1. The van der Waals surface area contributed by atoms with Gasteiger partial charge in [-0.3, -0.25) is 0 Å². The molecule has 0 spiro atoms. The minimum Gasteiger partial charge on any atom is -0.339 e. The predicted octanol–water partition coefficient (Wildman–Crippen LogP) is 2.59. The van der Waals surface area contributed by atoms with Crippen LogP contribution in [0.1, 0.15) is 45.8 Å². The number of hydrogen-bond acceptors (Lipinski definition) is 5. The second kappa shape index (κ2) is 6.40. The molecule has 0 aliphatic heterocycles. The lowest BCUT2D eigenvalue weighted by atomic mass is 9.88. The molecule has 0 aliphatic carbocycles. The summed E-state index contributed by atoms with van der Waals surface area (Å²) in [4.78, 5) is 4.44. The van der Waals surface area contributed by atoms with Crippen LogP contribution in [-0.4, -0.2) is 22.4 Å². The fraction of sp³-hybridized carbons (Fsp3) is 0.833. The van der Waals surface area contributed by atoms with Crippen molar-refractivity contribution in [2.45, 2.75) is 45.3 Å². The van der Waals surface area contributed by atoms with Crippen LogP contribution in [0.4, 0.5) is 0 Å². The normalized spacial score (nSPS) is 15.2. The zero-order chi connectivity index (χ0) is 12.9. The minimum absolute atomic E-state index is 0.187. The molecular weight excluding hydrogens is 234 g/mol. The average Bonchev–Trinajstić information content (AvgIpc) is 2.77. The van der Waals surface area contributed by atoms with Crippen LogP contribution in [0.15, 0.2) is 4.52 Å². The van der Waals surface area contributed by atoms with Crippen LogP contribution in [-0.2, 0) is 11.2 Å². The van der Waals surface area contributed by atoms with Gasteiger partial charge >= 0.3 is 0 Å². The van der Waals surface area contributed by atoms with Gasteiger partial charge in [-0.05, 0) is 25.0 Å². The van der Waals surface area contributed by atoms with Gasteiger partial charge in [0.25, 0.3) is 0 Å². The van der Waals surface area contributed by atoms with Gasteiger partial charge in [0.05, 0.1) is 11.2 Å². The SMILES string of the molecule is CCC(C)(CN)c1nc(CSCC(C)C)no1. The molecule has 0 saturated heterocycles. The third-order valence-corrected chi connectivity index (χ3v) is 4.26. The van der Waals surface area contributed by atoms with E-state index in [0.29, 0.717) is 18.4 Å². The molecule has 1 aromatic heterocycles. The van der Waals surface area contributed by atoms with Crippen LogP contribution in [0.25, 0.3) is 0 Å². The highest BCUT2D eigenvalue weighted by Crippen LogP contribution is 2.25. The monoisotopic (exact) mass is 257 g/mol. The van der Waals surface area contributed by atoms with E-state index in [0.717, 1.165) is 23.8 Å². The summed E-state index contributed by atoms with van der Waals surface area (Å²) in [6.07, 6.45) is 0.907. The molecule has 17 heavy (non-hydrogen) atoms. The van der Waals surface area contributed by atoms with Crippen molar-refractivity contribution in [3.8, 4) is 0 Å². The molecule has 0 amide bonds. The topological polar surface area (TPSA) is 64.9 Å². The van der Waals surface area contributed by atoms with E-state index in [4.69, 9.17) is 10.3 Å². The van der Waals surface area contributed by atoms with E-state index < -0.39 is 0 Å². The number of rotatable bonds is 7. The smallest absolute Gasteiger partial charge is 0.233 e. The summed E-state index contributed by atoms with van der Waals surface area (Å²) in [7, 11) is 0. The zero-order valence-corrected chi connectivity index (χ0v) is 12.0. The highest BCUT2D eigenvalue weighted by Gasteiger charge is 2.29.